The van der Waals surface area contributed by atoms with Gasteiger partial charge in [-0.25, -0.2) is 9.18 Å². The minimum Gasteiger partial charge on any atom is -0.313 e. The molecular weight excluding hydrogens is 303 g/mol. The van der Waals surface area contributed by atoms with Crippen LogP contribution in [0.25, 0.3) is 0 Å². The van der Waals surface area contributed by atoms with Crippen LogP contribution in [0.15, 0.2) is 44.5 Å². The fourth-order valence-electron chi connectivity index (χ4n) is 1.71. The Labute approximate surface area is 110 Å². The summed E-state index contributed by atoms with van der Waals surface area (Å²) < 4.78 is 14.2. The topological polar surface area (TPSA) is 54.9 Å². The zero-order valence-corrected chi connectivity index (χ0v) is 11.1. The largest absolute Gasteiger partial charge is 0.328 e. The predicted octanol–water partition coefficient (Wildman–Crippen LogP) is 2.05. The Hall–Kier alpha value is -1.69. The number of H-pyrrole nitrogens is 1. The fraction of sp³-hybridized carbons (Fsp3) is 0.167. The molecule has 2 rings (SSSR count). The summed E-state index contributed by atoms with van der Waals surface area (Å²) >= 11 is 3.07. The van der Waals surface area contributed by atoms with Gasteiger partial charge in [-0.05, 0) is 40.5 Å². The second-order valence-electron chi connectivity index (χ2n) is 3.84. The Balaban J connectivity index is 2.56. The smallest absolute Gasteiger partial charge is 0.313 e. The third-order valence-corrected chi connectivity index (χ3v) is 3.27. The SMILES string of the molecule is CC(c1ccc(F)cc1)n1c(=O)[nH]cc(Br)c1=O. The van der Waals surface area contributed by atoms with Crippen LogP contribution in [0.2, 0.25) is 0 Å². The molecule has 0 bridgehead atoms. The van der Waals surface area contributed by atoms with Crippen molar-refractivity contribution in [2.75, 3.05) is 0 Å². The van der Waals surface area contributed by atoms with Gasteiger partial charge >= 0.3 is 5.69 Å². The van der Waals surface area contributed by atoms with Crippen LogP contribution in [0.4, 0.5) is 4.39 Å². The van der Waals surface area contributed by atoms with Crippen molar-refractivity contribution in [2.24, 2.45) is 0 Å². The molecule has 0 spiro atoms. The predicted molar refractivity (Wildman–Crippen MR) is 69.2 cm³/mol. The maximum Gasteiger partial charge on any atom is 0.328 e. The van der Waals surface area contributed by atoms with E-state index in [1.807, 2.05) is 0 Å². The highest BCUT2D eigenvalue weighted by atomic mass is 79.9. The van der Waals surface area contributed by atoms with Gasteiger partial charge < -0.3 is 4.98 Å². The summed E-state index contributed by atoms with van der Waals surface area (Å²) in [6.07, 6.45) is 1.30. The number of hydrogen-bond donors (Lipinski definition) is 1. The third-order valence-electron chi connectivity index (χ3n) is 2.70. The van der Waals surface area contributed by atoms with Crippen molar-refractivity contribution in [1.82, 2.24) is 9.55 Å². The van der Waals surface area contributed by atoms with Gasteiger partial charge in [-0.1, -0.05) is 12.1 Å². The molecule has 0 aliphatic carbocycles. The first-order valence-corrected chi connectivity index (χ1v) is 6.05. The van der Waals surface area contributed by atoms with E-state index in [1.165, 1.54) is 18.3 Å². The van der Waals surface area contributed by atoms with Crippen molar-refractivity contribution in [2.45, 2.75) is 13.0 Å². The monoisotopic (exact) mass is 312 g/mol. The Kier molecular flexibility index (Phi) is 3.47. The van der Waals surface area contributed by atoms with Gasteiger partial charge in [0.2, 0.25) is 0 Å². The van der Waals surface area contributed by atoms with Crippen LogP contribution < -0.4 is 11.2 Å². The van der Waals surface area contributed by atoms with E-state index < -0.39 is 17.3 Å². The van der Waals surface area contributed by atoms with E-state index in [4.69, 9.17) is 0 Å². The fourth-order valence-corrected chi connectivity index (χ4v) is 2.01. The Morgan fingerprint density at radius 1 is 1.28 bits per heavy atom. The number of benzene rings is 1. The van der Waals surface area contributed by atoms with Gasteiger partial charge in [-0.15, -0.1) is 0 Å². The summed E-state index contributed by atoms with van der Waals surface area (Å²) in [5, 5.41) is 0. The molecule has 0 radical (unpaired) electrons. The van der Waals surface area contributed by atoms with Crippen LogP contribution in [0.1, 0.15) is 18.5 Å². The van der Waals surface area contributed by atoms with Crippen molar-refractivity contribution >= 4 is 15.9 Å². The van der Waals surface area contributed by atoms with E-state index in [0.29, 0.717) is 5.56 Å². The Bertz CT molecular complexity index is 676. The maximum atomic E-state index is 12.8. The van der Waals surface area contributed by atoms with Crippen molar-refractivity contribution in [3.8, 4) is 0 Å². The summed E-state index contributed by atoms with van der Waals surface area (Å²) in [7, 11) is 0. The molecule has 0 fully saturated rings. The van der Waals surface area contributed by atoms with Gasteiger partial charge in [0.15, 0.2) is 0 Å². The molecule has 0 aliphatic heterocycles. The molecule has 18 heavy (non-hydrogen) atoms. The molecule has 1 aromatic carbocycles. The molecule has 1 unspecified atom stereocenters. The van der Waals surface area contributed by atoms with E-state index >= 15 is 0 Å². The summed E-state index contributed by atoms with van der Waals surface area (Å²) in [6.45, 7) is 1.70. The summed E-state index contributed by atoms with van der Waals surface area (Å²) in [5.74, 6) is -0.360. The van der Waals surface area contributed by atoms with Gasteiger partial charge in [0.25, 0.3) is 5.56 Å². The Morgan fingerprint density at radius 2 is 1.89 bits per heavy atom. The van der Waals surface area contributed by atoms with E-state index in [-0.39, 0.29) is 10.3 Å². The molecule has 94 valence electrons. The lowest BCUT2D eigenvalue weighted by molar-refractivity contribution is 0.571. The zero-order valence-electron chi connectivity index (χ0n) is 9.48. The molecule has 0 aliphatic rings. The molecule has 2 aromatic rings. The van der Waals surface area contributed by atoms with Gasteiger partial charge in [0, 0.05) is 6.20 Å². The molecule has 0 amide bonds. The van der Waals surface area contributed by atoms with Crippen LogP contribution >= 0.6 is 15.9 Å². The zero-order chi connectivity index (χ0) is 13.3. The highest BCUT2D eigenvalue weighted by Gasteiger charge is 2.14. The van der Waals surface area contributed by atoms with Gasteiger partial charge in [0.1, 0.15) is 5.82 Å². The molecule has 1 aromatic heterocycles. The van der Waals surface area contributed by atoms with Crippen LogP contribution in [-0.4, -0.2) is 9.55 Å². The first-order chi connectivity index (χ1) is 8.50. The first kappa shape index (κ1) is 12.8. The highest BCUT2D eigenvalue weighted by molar-refractivity contribution is 9.10. The van der Waals surface area contributed by atoms with Crippen LogP contribution in [0, 0.1) is 5.82 Å². The number of rotatable bonds is 2. The van der Waals surface area contributed by atoms with Crippen LogP contribution in [-0.2, 0) is 0 Å². The van der Waals surface area contributed by atoms with Gasteiger partial charge in [-0.2, -0.15) is 0 Å². The molecule has 1 atom stereocenters. The average Bonchev–Trinajstić information content (AvgIpc) is 2.35. The quantitative estimate of drug-likeness (QED) is 0.922. The maximum absolute atomic E-state index is 12.8. The number of nitrogens with one attached hydrogen (secondary N) is 1. The average molecular weight is 313 g/mol. The van der Waals surface area contributed by atoms with Crippen molar-refractivity contribution in [3.63, 3.8) is 0 Å². The summed E-state index contributed by atoms with van der Waals surface area (Å²) in [4.78, 5) is 26.0. The van der Waals surface area contributed by atoms with Gasteiger partial charge in [0.05, 0.1) is 10.5 Å². The molecule has 0 saturated carbocycles. The van der Waals surface area contributed by atoms with Crippen molar-refractivity contribution in [1.29, 1.82) is 0 Å². The molecule has 6 heteroatoms. The van der Waals surface area contributed by atoms with Gasteiger partial charge in [-0.3, -0.25) is 9.36 Å². The van der Waals surface area contributed by atoms with E-state index in [0.717, 1.165) is 4.57 Å². The molecule has 4 nitrogen and oxygen atoms in total. The standard InChI is InChI=1S/C12H10BrFN2O2/c1-7(8-2-4-9(14)5-3-8)16-11(17)10(13)6-15-12(16)18/h2-7H,1H3,(H,15,18). The minimum atomic E-state index is -0.500. The lowest BCUT2D eigenvalue weighted by Crippen LogP contribution is -2.37. The number of halogens is 2. The number of nitrogens with zero attached hydrogens (tertiary/aromatic N) is 1. The lowest BCUT2D eigenvalue weighted by atomic mass is 10.1. The second-order valence-corrected chi connectivity index (χ2v) is 4.70. The normalized spacial score (nSPS) is 12.4. The molecule has 1 heterocycles. The number of aromatic nitrogens is 2. The molecule has 1 N–H and O–H groups in total. The molecule has 0 saturated heterocycles. The van der Waals surface area contributed by atoms with Crippen molar-refractivity contribution in [3.05, 3.63) is 67.2 Å². The number of hydrogen-bond acceptors (Lipinski definition) is 2. The highest BCUT2D eigenvalue weighted by Crippen LogP contribution is 2.15. The van der Waals surface area contributed by atoms with E-state index in [9.17, 15) is 14.0 Å². The lowest BCUT2D eigenvalue weighted by Gasteiger charge is -2.14. The number of aromatic amines is 1. The van der Waals surface area contributed by atoms with Crippen LogP contribution in [0.5, 0.6) is 0 Å². The Morgan fingerprint density at radius 3 is 2.50 bits per heavy atom. The summed E-state index contributed by atoms with van der Waals surface area (Å²) in [5.41, 5.74) is -0.238. The minimum absolute atomic E-state index is 0.274. The third kappa shape index (κ3) is 2.28. The molecular formula is C12H10BrFN2O2. The van der Waals surface area contributed by atoms with E-state index in [1.54, 1.807) is 19.1 Å². The van der Waals surface area contributed by atoms with Crippen LogP contribution in [0.3, 0.4) is 0 Å². The van der Waals surface area contributed by atoms with E-state index in [2.05, 4.69) is 20.9 Å². The van der Waals surface area contributed by atoms with Crippen molar-refractivity contribution < 1.29 is 4.39 Å². The summed E-state index contributed by atoms with van der Waals surface area (Å²) in [6, 6.07) is 5.21. The second kappa shape index (κ2) is 4.89. The first-order valence-electron chi connectivity index (χ1n) is 5.26.